The molecule has 0 spiro atoms. The van der Waals surface area contributed by atoms with Gasteiger partial charge < -0.3 is 15.2 Å². The average Bonchev–Trinajstić information content (AvgIpc) is 3.19. The van der Waals surface area contributed by atoms with Gasteiger partial charge in [-0.05, 0) is 47.2 Å². The Labute approximate surface area is 156 Å². The van der Waals surface area contributed by atoms with Gasteiger partial charge in [-0.1, -0.05) is 30.3 Å². The predicted molar refractivity (Wildman–Crippen MR) is 98.0 cm³/mol. The Kier molecular flexibility index (Phi) is 6.11. The fourth-order valence-corrected chi connectivity index (χ4v) is 2.51. The second kappa shape index (κ2) is 8.91. The molecule has 8 heteroatoms. The number of carbonyl (C=O) groups is 1. The van der Waals surface area contributed by atoms with Gasteiger partial charge in [0.25, 0.3) is 5.91 Å². The molecule has 0 bridgehead atoms. The van der Waals surface area contributed by atoms with Crippen LogP contribution in [0, 0.1) is 0 Å². The van der Waals surface area contributed by atoms with Crippen LogP contribution in [0.1, 0.15) is 34.8 Å². The van der Waals surface area contributed by atoms with Gasteiger partial charge in [0.1, 0.15) is 12.4 Å². The van der Waals surface area contributed by atoms with Crippen molar-refractivity contribution in [1.82, 2.24) is 25.5 Å². The van der Waals surface area contributed by atoms with Gasteiger partial charge in [-0.15, -0.1) is 5.10 Å². The first-order valence-corrected chi connectivity index (χ1v) is 8.66. The molecule has 2 aromatic carbocycles. The second-order valence-corrected chi connectivity index (χ2v) is 5.86. The van der Waals surface area contributed by atoms with Gasteiger partial charge in [-0.3, -0.25) is 4.79 Å². The van der Waals surface area contributed by atoms with E-state index in [0.29, 0.717) is 23.7 Å². The highest BCUT2D eigenvalue weighted by Gasteiger charge is 2.11. The van der Waals surface area contributed by atoms with Crippen LogP contribution in [0.15, 0.2) is 54.6 Å². The van der Waals surface area contributed by atoms with Crippen LogP contribution in [0.3, 0.4) is 0 Å². The van der Waals surface area contributed by atoms with Crippen molar-refractivity contribution < 1.29 is 14.6 Å². The Bertz CT molecular complexity index is 865. The fourth-order valence-electron chi connectivity index (χ4n) is 2.51. The SMILES string of the molecule is CCn1nnnc1COc1ccc(C(=O)NCC(O)c2ccccc2)cc1. The van der Waals surface area contributed by atoms with Gasteiger partial charge in [-0.25, -0.2) is 4.68 Å². The van der Waals surface area contributed by atoms with Crippen LogP contribution in [0.2, 0.25) is 0 Å². The number of carbonyl (C=O) groups excluding carboxylic acids is 1. The van der Waals surface area contributed by atoms with E-state index in [2.05, 4.69) is 20.8 Å². The minimum Gasteiger partial charge on any atom is -0.486 e. The number of ether oxygens (including phenoxy) is 1. The third-order valence-electron chi connectivity index (χ3n) is 4.03. The summed E-state index contributed by atoms with van der Waals surface area (Å²) in [4.78, 5) is 12.2. The highest BCUT2D eigenvalue weighted by molar-refractivity contribution is 5.94. The van der Waals surface area contributed by atoms with Crippen molar-refractivity contribution in [3.63, 3.8) is 0 Å². The zero-order valence-electron chi connectivity index (χ0n) is 14.9. The number of nitrogens with one attached hydrogen (secondary N) is 1. The van der Waals surface area contributed by atoms with Crippen LogP contribution in [0.5, 0.6) is 5.75 Å². The van der Waals surface area contributed by atoms with E-state index >= 15 is 0 Å². The van der Waals surface area contributed by atoms with E-state index in [9.17, 15) is 9.90 Å². The molecule has 3 rings (SSSR count). The van der Waals surface area contributed by atoms with Crippen LogP contribution in [-0.4, -0.2) is 37.8 Å². The molecule has 140 valence electrons. The maximum atomic E-state index is 12.2. The largest absolute Gasteiger partial charge is 0.486 e. The van der Waals surface area contributed by atoms with Crippen LogP contribution in [-0.2, 0) is 13.2 Å². The number of hydrogen-bond acceptors (Lipinski definition) is 6. The van der Waals surface area contributed by atoms with E-state index in [1.54, 1.807) is 28.9 Å². The number of aromatic nitrogens is 4. The first kappa shape index (κ1) is 18.5. The zero-order chi connectivity index (χ0) is 19.1. The molecule has 1 unspecified atom stereocenters. The zero-order valence-corrected chi connectivity index (χ0v) is 14.9. The minimum atomic E-state index is -0.748. The first-order chi connectivity index (χ1) is 13.2. The Morgan fingerprint density at radius 1 is 1.19 bits per heavy atom. The molecular weight excluding hydrogens is 346 g/mol. The number of nitrogens with zero attached hydrogens (tertiary/aromatic N) is 4. The second-order valence-electron chi connectivity index (χ2n) is 5.86. The monoisotopic (exact) mass is 367 g/mol. The van der Waals surface area contributed by atoms with Crippen LogP contribution < -0.4 is 10.1 Å². The summed E-state index contributed by atoms with van der Waals surface area (Å²) in [6.07, 6.45) is -0.748. The molecule has 0 saturated heterocycles. The maximum Gasteiger partial charge on any atom is 0.251 e. The smallest absolute Gasteiger partial charge is 0.251 e. The highest BCUT2D eigenvalue weighted by Crippen LogP contribution is 2.14. The van der Waals surface area contributed by atoms with Crippen LogP contribution in [0.4, 0.5) is 0 Å². The summed E-state index contributed by atoms with van der Waals surface area (Å²) < 4.78 is 7.30. The van der Waals surface area contributed by atoms with E-state index in [1.165, 1.54) is 0 Å². The van der Waals surface area contributed by atoms with E-state index in [-0.39, 0.29) is 19.1 Å². The van der Waals surface area contributed by atoms with Crippen molar-refractivity contribution in [3.8, 4) is 5.75 Å². The lowest BCUT2D eigenvalue weighted by Gasteiger charge is -2.12. The van der Waals surface area contributed by atoms with E-state index in [4.69, 9.17) is 4.74 Å². The average molecular weight is 367 g/mol. The van der Waals surface area contributed by atoms with Crippen LogP contribution in [0.25, 0.3) is 0 Å². The Hall–Kier alpha value is -3.26. The van der Waals surface area contributed by atoms with Gasteiger partial charge in [0.15, 0.2) is 5.82 Å². The summed E-state index contributed by atoms with van der Waals surface area (Å²) >= 11 is 0. The molecule has 3 aromatic rings. The molecule has 1 aromatic heterocycles. The Morgan fingerprint density at radius 3 is 2.63 bits per heavy atom. The minimum absolute atomic E-state index is 0.140. The molecular formula is C19H21N5O3. The quantitative estimate of drug-likeness (QED) is 0.629. The van der Waals surface area contributed by atoms with Crippen molar-refractivity contribution in [2.45, 2.75) is 26.2 Å². The fraction of sp³-hybridized carbons (Fsp3) is 0.263. The topological polar surface area (TPSA) is 102 Å². The number of tetrazole rings is 1. The number of amides is 1. The number of rotatable bonds is 8. The summed E-state index contributed by atoms with van der Waals surface area (Å²) in [5.41, 5.74) is 1.25. The van der Waals surface area contributed by atoms with Gasteiger partial charge in [0, 0.05) is 18.7 Å². The lowest BCUT2D eigenvalue weighted by atomic mass is 10.1. The molecule has 8 nitrogen and oxygen atoms in total. The van der Waals surface area contributed by atoms with Crippen molar-refractivity contribution in [2.24, 2.45) is 0 Å². The van der Waals surface area contributed by atoms with Gasteiger partial charge in [0.05, 0.1) is 6.10 Å². The normalized spacial score (nSPS) is 11.8. The summed E-state index contributed by atoms with van der Waals surface area (Å²) in [6.45, 7) is 3.00. The van der Waals surface area contributed by atoms with Gasteiger partial charge >= 0.3 is 0 Å². The molecule has 0 fully saturated rings. The lowest BCUT2D eigenvalue weighted by Crippen LogP contribution is -2.28. The molecule has 1 atom stereocenters. The molecule has 0 saturated carbocycles. The van der Waals surface area contributed by atoms with Crippen molar-refractivity contribution in [3.05, 3.63) is 71.5 Å². The molecule has 1 heterocycles. The Morgan fingerprint density at radius 2 is 1.93 bits per heavy atom. The van der Waals surface area contributed by atoms with Crippen molar-refractivity contribution in [2.75, 3.05) is 6.54 Å². The summed E-state index contributed by atoms with van der Waals surface area (Å²) in [5.74, 6) is 0.988. The van der Waals surface area contributed by atoms with E-state index in [0.717, 1.165) is 5.56 Å². The standard InChI is InChI=1S/C19H21N5O3/c1-2-24-18(21-22-23-24)13-27-16-10-8-15(9-11-16)19(26)20-12-17(25)14-6-4-3-5-7-14/h3-11,17,25H,2,12-13H2,1H3,(H,20,26). The predicted octanol–water partition coefficient (Wildman–Crippen LogP) is 1.74. The Balaban J connectivity index is 1.51. The molecule has 1 amide bonds. The molecule has 0 aliphatic rings. The lowest BCUT2D eigenvalue weighted by molar-refractivity contribution is 0.0916. The molecule has 0 radical (unpaired) electrons. The number of hydrogen-bond donors (Lipinski definition) is 2. The number of benzene rings is 2. The summed E-state index contributed by atoms with van der Waals surface area (Å²) in [7, 11) is 0. The van der Waals surface area contributed by atoms with E-state index in [1.807, 2.05) is 37.3 Å². The van der Waals surface area contributed by atoms with E-state index < -0.39 is 6.10 Å². The maximum absolute atomic E-state index is 12.2. The van der Waals surface area contributed by atoms with Crippen LogP contribution >= 0.6 is 0 Å². The van der Waals surface area contributed by atoms with Gasteiger partial charge in [-0.2, -0.15) is 0 Å². The molecule has 0 aliphatic carbocycles. The number of aryl methyl sites for hydroxylation is 1. The summed E-state index contributed by atoms with van der Waals surface area (Å²) in [6, 6.07) is 16.0. The molecule has 27 heavy (non-hydrogen) atoms. The third kappa shape index (κ3) is 4.89. The number of aliphatic hydroxyl groups excluding tert-OH is 1. The van der Waals surface area contributed by atoms with Gasteiger partial charge in [0.2, 0.25) is 0 Å². The highest BCUT2D eigenvalue weighted by atomic mass is 16.5. The van der Waals surface area contributed by atoms with Crippen molar-refractivity contribution >= 4 is 5.91 Å². The van der Waals surface area contributed by atoms with Crippen molar-refractivity contribution in [1.29, 1.82) is 0 Å². The third-order valence-corrected chi connectivity index (χ3v) is 4.03. The molecule has 2 N–H and O–H groups in total. The summed E-state index contributed by atoms with van der Waals surface area (Å²) in [5, 5.41) is 24.2. The molecule has 0 aliphatic heterocycles. The number of aliphatic hydroxyl groups is 1. The first-order valence-electron chi connectivity index (χ1n) is 8.66.